The summed E-state index contributed by atoms with van der Waals surface area (Å²) in [5.41, 5.74) is 0.190. The second-order valence-electron chi connectivity index (χ2n) is 15.6. The number of carbonyl (C=O) groups is 1. The number of rotatable bonds is 13. The molecule has 24 nitrogen and oxygen atoms in total. The third kappa shape index (κ3) is 9.92. The summed E-state index contributed by atoms with van der Waals surface area (Å²) in [7, 11) is 0. The molecule has 0 bridgehead atoms. The fourth-order valence-corrected chi connectivity index (χ4v) is 7.52. The Bertz CT molecular complexity index is 2200. The van der Waals surface area contributed by atoms with Crippen LogP contribution in [0.4, 0.5) is 0 Å². The summed E-state index contributed by atoms with van der Waals surface area (Å²) in [5, 5.41) is 157. The molecule has 15 N–H and O–H groups in total. The van der Waals surface area contributed by atoms with Crippen molar-refractivity contribution in [1.82, 2.24) is 0 Å². The molecular formula is C42H48O24. The van der Waals surface area contributed by atoms with Gasteiger partial charge in [0.05, 0.1) is 19.8 Å². The van der Waals surface area contributed by atoms with E-state index in [-0.39, 0.29) is 22.6 Å². The summed E-state index contributed by atoms with van der Waals surface area (Å²) in [5.74, 6) is -5.44. The van der Waals surface area contributed by atoms with Crippen molar-refractivity contribution >= 4 is 17.8 Å². The lowest BCUT2D eigenvalue weighted by Crippen LogP contribution is -2.65. The van der Waals surface area contributed by atoms with Gasteiger partial charge in [-0.2, -0.15) is 0 Å². The number of phenols is 4. The first-order valence-electron chi connectivity index (χ1n) is 20.2. The second kappa shape index (κ2) is 20.1. The lowest BCUT2D eigenvalue weighted by Gasteiger charge is -2.46. The number of aliphatic hydroxyl groups is 11. The smallest absolute Gasteiger partial charge is 0.331 e. The third-order valence-corrected chi connectivity index (χ3v) is 11.1. The summed E-state index contributed by atoms with van der Waals surface area (Å²) >= 11 is 0. The predicted octanol–water partition coefficient (Wildman–Crippen LogP) is -3.44. The van der Waals surface area contributed by atoms with Crippen LogP contribution < -0.4 is 0 Å². The zero-order valence-electron chi connectivity index (χ0n) is 34.1. The van der Waals surface area contributed by atoms with E-state index in [4.69, 9.17) is 37.9 Å². The Kier molecular flexibility index (Phi) is 14.8. The van der Waals surface area contributed by atoms with Gasteiger partial charge in [-0.25, -0.2) is 4.79 Å². The number of hydrogen-bond donors (Lipinski definition) is 15. The second-order valence-corrected chi connectivity index (χ2v) is 15.6. The monoisotopic (exact) mass is 936 g/mol. The van der Waals surface area contributed by atoms with Crippen LogP contribution >= 0.6 is 0 Å². The minimum absolute atomic E-state index is 0.0357. The first kappa shape index (κ1) is 48.4. The van der Waals surface area contributed by atoms with Gasteiger partial charge in [-0.15, -0.1) is 0 Å². The molecule has 0 saturated carbocycles. The number of esters is 1. The van der Waals surface area contributed by atoms with Crippen molar-refractivity contribution < 1.29 is 119 Å². The van der Waals surface area contributed by atoms with Crippen molar-refractivity contribution in [2.45, 2.75) is 98.2 Å². The molecule has 7 rings (SSSR count). The number of benzene rings is 2. The number of hydrogen-bond acceptors (Lipinski definition) is 24. The average molecular weight is 937 g/mol. The van der Waals surface area contributed by atoms with Gasteiger partial charge in [-0.1, -0.05) is 12.1 Å². The maximum atomic E-state index is 12.9. The molecule has 5 aliphatic rings. The van der Waals surface area contributed by atoms with Gasteiger partial charge < -0.3 is 114 Å². The van der Waals surface area contributed by atoms with Crippen LogP contribution in [0.1, 0.15) is 11.1 Å². The molecule has 4 aliphatic heterocycles. The van der Waals surface area contributed by atoms with Crippen LogP contribution in [0.15, 0.2) is 83.6 Å². The van der Waals surface area contributed by atoms with E-state index in [1.165, 1.54) is 36.4 Å². The fourth-order valence-electron chi connectivity index (χ4n) is 7.52. The maximum absolute atomic E-state index is 12.9. The van der Waals surface area contributed by atoms with Gasteiger partial charge in [0.1, 0.15) is 84.4 Å². The van der Waals surface area contributed by atoms with Crippen LogP contribution in [-0.2, 0) is 42.7 Å². The minimum Gasteiger partial charge on any atom is -0.508 e. The average Bonchev–Trinajstić information content (AvgIpc) is 3.29. The molecule has 16 atom stereocenters. The summed E-state index contributed by atoms with van der Waals surface area (Å²) in [6.07, 6.45) is -23.6. The number of allylic oxidation sites excluding steroid dienone is 2. The molecule has 0 spiro atoms. The quantitative estimate of drug-likeness (QED) is 0.0528. The Morgan fingerprint density at radius 2 is 1.23 bits per heavy atom. The van der Waals surface area contributed by atoms with Crippen LogP contribution in [0.25, 0.3) is 11.8 Å². The van der Waals surface area contributed by atoms with Gasteiger partial charge in [0.2, 0.25) is 12.6 Å². The highest BCUT2D eigenvalue weighted by Gasteiger charge is 2.53. The Hall–Kier alpha value is -5.55. The topological polar surface area (TPSA) is 394 Å². The zero-order chi connectivity index (χ0) is 47.7. The summed E-state index contributed by atoms with van der Waals surface area (Å²) in [6.45, 7) is -2.67. The van der Waals surface area contributed by atoms with E-state index in [9.17, 15) is 81.4 Å². The Morgan fingerprint density at radius 1 is 0.636 bits per heavy atom. The van der Waals surface area contributed by atoms with Gasteiger partial charge in [-0.3, -0.25) is 0 Å². The highest BCUT2D eigenvalue weighted by atomic mass is 16.8. The van der Waals surface area contributed by atoms with Crippen molar-refractivity contribution in [3.05, 3.63) is 94.7 Å². The van der Waals surface area contributed by atoms with E-state index in [2.05, 4.69) is 0 Å². The lowest BCUT2D eigenvalue weighted by atomic mass is 9.95. The van der Waals surface area contributed by atoms with Crippen LogP contribution in [-0.4, -0.2) is 201 Å². The molecule has 3 saturated heterocycles. The largest absolute Gasteiger partial charge is 0.508 e. The molecule has 0 amide bonds. The van der Waals surface area contributed by atoms with Crippen LogP contribution in [0, 0.1) is 0 Å². The number of aromatic hydroxyl groups is 4. The van der Waals surface area contributed by atoms with Crippen molar-refractivity contribution in [3.63, 3.8) is 0 Å². The van der Waals surface area contributed by atoms with E-state index in [1.807, 2.05) is 0 Å². The standard InChI is InChI=1S/C42H48O24/c43-12-25-30(52)33(55)35(57)40(62-25)60-23-10-18(47)9-22-19(23)11-24(37(59-22)16-7-20(48)29(51)21(49)8-16)61-42-39(34(56)31(53)26(13-44)64-42)66-41-36(58)38(32(54)27(14-45)63-41)65-28(50)6-3-15-1-4-17(46)5-2-15/h1-11,22,25-27,30-36,38-49,51-58H,12-14H2/b6-3-/t22?,25-,26-,27-,30+,31+,32+,33-,34-,35+,36+,38-,39+,40-,41+,42-/m0/s1. The number of fused-ring (bicyclic) bond motifs is 1. The summed E-state index contributed by atoms with van der Waals surface area (Å²) in [4.78, 5) is 12.9. The van der Waals surface area contributed by atoms with Crippen LogP contribution in [0.2, 0.25) is 0 Å². The minimum atomic E-state index is -2.10. The van der Waals surface area contributed by atoms with E-state index in [0.29, 0.717) is 5.56 Å². The predicted molar refractivity (Wildman–Crippen MR) is 213 cm³/mol. The van der Waals surface area contributed by atoms with Gasteiger partial charge in [-0.05, 0) is 42.0 Å². The third-order valence-electron chi connectivity index (χ3n) is 11.1. The highest BCUT2D eigenvalue weighted by molar-refractivity contribution is 5.87. The summed E-state index contributed by atoms with van der Waals surface area (Å²) < 4.78 is 46.4. The highest BCUT2D eigenvalue weighted by Crippen LogP contribution is 2.44. The van der Waals surface area contributed by atoms with Crippen molar-refractivity contribution in [1.29, 1.82) is 0 Å². The molecule has 3 fully saturated rings. The Morgan fingerprint density at radius 3 is 1.86 bits per heavy atom. The van der Waals surface area contributed by atoms with Gasteiger partial charge in [0.25, 0.3) is 0 Å². The molecule has 0 aromatic heterocycles. The van der Waals surface area contributed by atoms with Crippen molar-refractivity contribution in [2.75, 3.05) is 19.8 Å². The SMILES string of the molecule is O=C(/C=C\c1ccc(O)cc1)O[C@@H]1[C@@H](O)[C@@H](O[C@H]2[C@@H](OC3=C(c4cc(O)c(O)c(O)c4)OC4C=C(O)C=C(O[C@H]5O[C@@H](CO)[C@@H](O)[C@H](O)[C@H]5O)C4=C3)O[C@@H](CO)[C@@H](O)[C@@H]2O)O[C@@H](CO)[C@H]1O. The number of phenolic OH excluding ortho intramolecular Hbond substituents is 4. The van der Waals surface area contributed by atoms with E-state index < -0.39 is 159 Å². The molecule has 0 radical (unpaired) electrons. The Balaban J connectivity index is 1.23. The van der Waals surface area contributed by atoms with Gasteiger partial charge >= 0.3 is 5.97 Å². The number of aliphatic hydroxyl groups excluding tert-OH is 11. The molecular weight excluding hydrogens is 888 g/mol. The number of ether oxygens (including phenoxy) is 8. The van der Waals surface area contributed by atoms with E-state index in [0.717, 1.165) is 30.4 Å². The molecule has 24 heteroatoms. The first-order chi connectivity index (χ1) is 31.4. The van der Waals surface area contributed by atoms with E-state index in [1.54, 1.807) is 0 Å². The summed E-state index contributed by atoms with van der Waals surface area (Å²) in [6, 6.07) is 7.53. The normalized spacial score (nSPS) is 35.8. The Labute approximate surface area is 372 Å². The molecule has 2 aromatic carbocycles. The molecule has 1 unspecified atom stereocenters. The van der Waals surface area contributed by atoms with Crippen molar-refractivity contribution in [3.8, 4) is 23.0 Å². The molecule has 66 heavy (non-hydrogen) atoms. The van der Waals surface area contributed by atoms with Crippen molar-refractivity contribution in [2.24, 2.45) is 0 Å². The lowest BCUT2D eigenvalue weighted by molar-refractivity contribution is -0.363. The molecule has 360 valence electrons. The molecule has 4 heterocycles. The molecule has 1 aliphatic carbocycles. The molecule has 2 aromatic rings. The van der Waals surface area contributed by atoms with Gasteiger partial charge in [0.15, 0.2) is 47.3 Å². The fraction of sp³-hybridized carbons (Fsp3) is 0.452. The van der Waals surface area contributed by atoms with Crippen LogP contribution in [0.5, 0.6) is 23.0 Å². The first-order valence-corrected chi connectivity index (χ1v) is 20.2. The van der Waals surface area contributed by atoms with Crippen LogP contribution in [0.3, 0.4) is 0 Å². The zero-order valence-corrected chi connectivity index (χ0v) is 34.1. The maximum Gasteiger partial charge on any atom is 0.331 e. The van der Waals surface area contributed by atoms with E-state index >= 15 is 0 Å². The number of carbonyl (C=O) groups excluding carboxylic acids is 1. The van der Waals surface area contributed by atoms with Gasteiger partial charge in [0, 0.05) is 29.4 Å².